The maximum atomic E-state index is 13.7. The molecule has 0 aromatic heterocycles. The summed E-state index contributed by atoms with van der Waals surface area (Å²) < 4.78 is 51.5. The van der Waals surface area contributed by atoms with Crippen molar-refractivity contribution in [2.24, 2.45) is 17.3 Å². The molecule has 122 valence electrons. The molecule has 0 radical (unpaired) electrons. The summed E-state index contributed by atoms with van der Waals surface area (Å²) >= 11 is 0. The molecular weight excluding hydrogens is 296 g/mol. The molecule has 2 atom stereocenters. The average molecular weight is 316 g/mol. The first-order valence-electron chi connectivity index (χ1n) is 7.45. The molecule has 1 aromatic rings. The molecule has 22 heavy (non-hydrogen) atoms. The molecule has 1 aliphatic rings. The van der Waals surface area contributed by atoms with Crippen molar-refractivity contribution in [3.8, 4) is 0 Å². The number of benzene rings is 1. The summed E-state index contributed by atoms with van der Waals surface area (Å²) in [7, 11) is 0. The number of alkyl halides is 3. The van der Waals surface area contributed by atoms with Gasteiger partial charge in [-0.2, -0.15) is 13.2 Å². The first kappa shape index (κ1) is 17.0. The number of carbonyl (C=O) groups excluding carboxylic acids is 1. The summed E-state index contributed by atoms with van der Waals surface area (Å²) in [4.78, 5) is 12.7. The molecule has 1 nitrogen and oxygen atoms in total. The minimum Gasteiger partial charge on any atom is -0.294 e. The van der Waals surface area contributed by atoms with Crippen molar-refractivity contribution in [1.29, 1.82) is 0 Å². The summed E-state index contributed by atoms with van der Waals surface area (Å²) in [5.41, 5.74) is -1.54. The van der Waals surface area contributed by atoms with Crippen LogP contribution >= 0.6 is 0 Å². The zero-order valence-corrected chi connectivity index (χ0v) is 12.9. The highest BCUT2D eigenvalue weighted by Gasteiger charge is 2.42. The third kappa shape index (κ3) is 3.18. The fraction of sp³-hybridized carbons (Fsp3) is 0.588. The number of hydrogen-bond donors (Lipinski definition) is 0. The van der Waals surface area contributed by atoms with E-state index in [1.807, 2.05) is 20.8 Å². The van der Waals surface area contributed by atoms with Crippen LogP contribution < -0.4 is 0 Å². The van der Waals surface area contributed by atoms with E-state index in [9.17, 15) is 22.4 Å². The van der Waals surface area contributed by atoms with E-state index in [4.69, 9.17) is 0 Å². The van der Waals surface area contributed by atoms with Crippen molar-refractivity contribution in [3.63, 3.8) is 0 Å². The van der Waals surface area contributed by atoms with Gasteiger partial charge in [0.05, 0.1) is 5.56 Å². The number of carbonyl (C=O) groups is 1. The van der Waals surface area contributed by atoms with Crippen molar-refractivity contribution in [2.45, 2.75) is 46.2 Å². The molecular formula is C17H20F4O. The summed E-state index contributed by atoms with van der Waals surface area (Å²) in [5.74, 6) is -1.80. The first-order valence-corrected chi connectivity index (χ1v) is 7.45. The minimum absolute atomic E-state index is 0.0253. The van der Waals surface area contributed by atoms with Gasteiger partial charge in [-0.15, -0.1) is 0 Å². The van der Waals surface area contributed by atoms with E-state index in [0.717, 1.165) is 31.4 Å². The molecule has 0 N–H and O–H groups in total. The van der Waals surface area contributed by atoms with Gasteiger partial charge in [0, 0.05) is 11.5 Å². The number of Topliss-reactive ketones (excluding diaryl/α,β-unsaturated/α-hetero) is 1. The van der Waals surface area contributed by atoms with Crippen LogP contribution in [0, 0.1) is 23.1 Å². The van der Waals surface area contributed by atoms with Crippen molar-refractivity contribution in [3.05, 3.63) is 35.1 Å². The standard InChI is InChI=1S/C17H20F4O/c1-10-5-4-8-16(2,3)14(10)15(22)11-6-7-12(13(18)9-11)17(19,20)21/h6-7,9-10,14H,4-5,8H2,1-3H3/t10-,14-/m0/s1. The lowest BCUT2D eigenvalue weighted by Crippen LogP contribution is -2.39. The van der Waals surface area contributed by atoms with Crippen LogP contribution in [-0.2, 0) is 6.18 Å². The van der Waals surface area contributed by atoms with E-state index in [-0.39, 0.29) is 28.6 Å². The van der Waals surface area contributed by atoms with Gasteiger partial charge in [-0.3, -0.25) is 4.79 Å². The van der Waals surface area contributed by atoms with E-state index in [1.54, 1.807) is 0 Å². The molecule has 1 saturated carbocycles. The molecule has 5 heteroatoms. The van der Waals surface area contributed by atoms with Gasteiger partial charge in [0.1, 0.15) is 5.82 Å². The van der Waals surface area contributed by atoms with E-state index in [2.05, 4.69) is 0 Å². The molecule has 1 aliphatic carbocycles. The SMILES string of the molecule is C[C@H]1CCCC(C)(C)[C@@H]1C(=O)c1ccc(C(F)(F)F)c(F)c1. The van der Waals surface area contributed by atoms with Crippen molar-refractivity contribution in [1.82, 2.24) is 0 Å². The Bertz CT molecular complexity index is 575. The highest BCUT2D eigenvalue weighted by molar-refractivity contribution is 5.98. The van der Waals surface area contributed by atoms with Crippen LogP contribution in [0.1, 0.15) is 56.0 Å². The predicted molar refractivity (Wildman–Crippen MR) is 76.0 cm³/mol. The van der Waals surface area contributed by atoms with E-state index >= 15 is 0 Å². The fourth-order valence-electron chi connectivity index (χ4n) is 3.66. The normalized spacial score (nSPS) is 25.0. The Morgan fingerprint density at radius 2 is 1.91 bits per heavy atom. The van der Waals surface area contributed by atoms with Crippen LogP contribution in [0.5, 0.6) is 0 Å². The third-order valence-corrected chi connectivity index (χ3v) is 4.73. The first-order chi connectivity index (χ1) is 10.0. The average Bonchev–Trinajstić information content (AvgIpc) is 2.35. The highest BCUT2D eigenvalue weighted by atomic mass is 19.4. The van der Waals surface area contributed by atoms with Crippen LogP contribution in [-0.4, -0.2) is 5.78 Å². The maximum Gasteiger partial charge on any atom is 0.419 e. The van der Waals surface area contributed by atoms with Gasteiger partial charge in [-0.1, -0.05) is 33.3 Å². The lowest BCUT2D eigenvalue weighted by molar-refractivity contribution is -0.140. The smallest absolute Gasteiger partial charge is 0.294 e. The Labute approximate surface area is 127 Å². The van der Waals surface area contributed by atoms with Gasteiger partial charge in [-0.05, 0) is 36.3 Å². The van der Waals surface area contributed by atoms with E-state index in [0.29, 0.717) is 6.07 Å². The molecule has 0 unspecified atom stereocenters. The zero-order chi connectivity index (χ0) is 16.7. The number of ketones is 1. The van der Waals surface area contributed by atoms with Gasteiger partial charge in [0.2, 0.25) is 0 Å². The van der Waals surface area contributed by atoms with Crippen LogP contribution in [0.4, 0.5) is 17.6 Å². The Morgan fingerprint density at radius 3 is 2.41 bits per heavy atom. The monoisotopic (exact) mass is 316 g/mol. The molecule has 0 heterocycles. The molecule has 0 amide bonds. The second-order valence-electron chi connectivity index (χ2n) is 6.89. The highest BCUT2D eigenvalue weighted by Crippen LogP contribution is 2.45. The molecule has 1 fully saturated rings. The molecule has 0 saturated heterocycles. The summed E-state index contributed by atoms with van der Waals surface area (Å²) in [5, 5.41) is 0. The Balaban J connectivity index is 2.35. The molecule has 0 bridgehead atoms. The minimum atomic E-state index is -4.75. The van der Waals surface area contributed by atoms with Crippen LogP contribution in [0.2, 0.25) is 0 Å². The topological polar surface area (TPSA) is 17.1 Å². The predicted octanol–water partition coefficient (Wildman–Crippen LogP) is 5.49. The lowest BCUT2D eigenvalue weighted by atomic mass is 9.62. The zero-order valence-electron chi connectivity index (χ0n) is 12.9. The number of rotatable bonds is 2. The fourth-order valence-corrected chi connectivity index (χ4v) is 3.66. The molecule has 0 aliphatic heterocycles. The quantitative estimate of drug-likeness (QED) is 0.521. The van der Waals surface area contributed by atoms with Crippen LogP contribution in [0.15, 0.2) is 18.2 Å². The van der Waals surface area contributed by atoms with Gasteiger partial charge < -0.3 is 0 Å². The van der Waals surface area contributed by atoms with Crippen molar-refractivity contribution >= 4 is 5.78 Å². The van der Waals surface area contributed by atoms with Gasteiger partial charge in [0.25, 0.3) is 0 Å². The van der Waals surface area contributed by atoms with Crippen LogP contribution in [0.3, 0.4) is 0 Å². The lowest BCUT2D eigenvalue weighted by Gasteiger charge is -2.42. The number of hydrogen-bond acceptors (Lipinski definition) is 1. The van der Waals surface area contributed by atoms with E-state index < -0.39 is 17.6 Å². The molecule has 2 rings (SSSR count). The number of halogens is 4. The van der Waals surface area contributed by atoms with Gasteiger partial charge >= 0.3 is 6.18 Å². The Hall–Kier alpha value is -1.39. The largest absolute Gasteiger partial charge is 0.419 e. The van der Waals surface area contributed by atoms with Gasteiger partial charge in [-0.25, -0.2) is 4.39 Å². The summed E-state index contributed by atoms with van der Waals surface area (Å²) in [6.07, 6.45) is -1.93. The molecule has 1 aromatic carbocycles. The van der Waals surface area contributed by atoms with E-state index in [1.165, 1.54) is 0 Å². The third-order valence-electron chi connectivity index (χ3n) is 4.73. The molecule has 0 spiro atoms. The Kier molecular flexibility index (Phi) is 4.37. The van der Waals surface area contributed by atoms with Crippen molar-refractivity contribution in [2.75, 3.05) is 0 Å². The summed E-state index contributed by atoms with van der Waals surface area (Å²) in [6.45, 7) is 5.96. The van der Waals surface area contributed by atoms with Gasteiger partial charge in [0.15, 0.2) is 5.78 Å². The van der Waals surface area contributed by atoms with Crippen LogP contribution in [0.25, 0.3) is 0 Å². The maximum absolute atomic E-state index is 13.7. The second-order valence-corrected chi connectivity index (χ2v) is 6.89. The Morgan fingerprint density at radius 1 is 1.27 bits per heavy atom. The summed E-state index contributed by atoms with van der Waals surface area (Å²) in [6, 6.07) is 2.47. The van der Waals surface area contributed by atoms with Crippen molar-refractivity contribution < 1.29 is 22.4 Å². The second kappa shape index (κ2) is 5.67.